The Balaban J connectivity index is 4.61. The molecule has 0 aromatic carbocycles. The number of ketones is 1. The van der Waals surface area contributed by atoms with Gasteiger partial charge in [0, 0.05) is 0 Å². The lowest BCUT2D eigenvalue weighted by Crippen LogP contribution is -2.26. The Morgan fingerprint density at radius 3 is 2.20 bits per heavy atom. The summed E-state index contributed by atoms with van der Waals surface area (Å²) in [4.78, 5) is 33.3. The Kier molecular flexibility index (Phi) is 5.79. The van der Waals surface area contributed by atoms with Gasteiger partial charge in [0.25, 0.3) is 0 Å². The second-order valence-corrected chi connectivity index (χ2v) is 2.57. The monoisotopic (exact) mass is 212 g/mol. The van der Waals surface area contributed by atoms with Gasteiger partial charge in [0.2, 0.25) is 0 Å². The van der Waals surface area contributed by atoms with Crippen molar-refractivity contribution in [1.82, 2.24) is 0 Å². The quantitative estimate of drug-likeness (QED) is 0.370. The summed E-state index contributed by atoms with van der Waals surface area (Å²) in [7, 11) is 2.31. The van der Waals surface area contributed by atoms with E-state index in [4.69, 9.17) is 0 Å². The summed E-state index contributed by atoms with van der Waals surface area (Å²) in [6, 6.07) is 0. The normalized spacial score (nSPS) is 10.6. The van der Waals surface area contributed by atoms with Crippen molar-refractivity contribution in [3.05, 3.63) is 0 Å². The predicted octanol–water partition coefficient (Wildman–Crippen LogP) is -0.0689. The molecule has 0 N–H and O–H groups in total. The lowest BCUT2D eigenvalue weighted by atomic mass is 10.0. The van der Waals surface area contributed by atoms with Crippen LogP contribution in [0.25, 0.3) is 0 Å². The molecule has 0 saturated carbocycles. The van der Waals surface area contributed by atoms with Gasteiger partial charge in [-0.15, -0.1) is 5.92 Å². The lowest BCUT2D eigenvalue weighted by molar-refractivity contribution is -0.149. The first kappa shape index (κ1) is 13.2. The van der Waals surface area contributed by atoms with Crippen molar-refractivity contribution in [2.75, 3.05) is 14.2 Å². The molecule has 0 aliphatic heterocycles. The maximum atomic E-state index is 11.4. The predicted molar refractivity (Wildman–Crippen MR) is 50.6 cm³/mol. The van der Waals surface area contributed by atoms with Crippen LogP contribution >= 0.6 is 0 Å². The van der Waals surface area contributed by atoms with Crippen LogP contribution in [0.4, 0.5) is 0 Å². The molecular formula is C10H12O5. The summed E-state index contributed by atoms with van der Waals surface area (Å²) < 4.78 is 8.69. The van der Waals surface area contributed by atoms with Gasteiger partial charge in [0.05, 0.1) is 14.2 Å². The third-order valence-corrected chi connectivity index (χ3v) is 1.59. The molecule has 0 bridgehead atoms. The minimum absolute atomic E-state index is 0.481. The fourth-order valence-corrected chi connectivity index (χ4v) is 0.850. The van der Waals surface area contributed by atoms with E-state index in [2.05, 4.69) is 21.3 Å². The van der Waals surface area contributed by atoms with Gasteiger partial charge in [-0.25, -0.2) is 0 Å². The minimum atomic E-state index is -1.21. The van der Waals surface area contributed by atoms with Crippen LogP contribution in [0, 0.1) is 17.8 Å². The van der Waals surface area contributed by atoms with E-state index < -0.39 is 30.1 Å². The molecule has 0 amide bonds. The highest BCUT2D eigenvalue weighted by molar-refractivity contribution is 6.08. The highest BCUT2D eigenvalue weighted by atomic mass is 16.5. The molecule has 15 heavy (non-hydrogen) atoms. The maximum absolute atomic E-state index is 11.4. The van der Waals surface area contributed by atoms with Crippen LogP contribution in [0.3, 0.4) is 0 Å². The Morgan fingerprint density at radius 1 is 1.20 bits per heavy atom. The van der Waals surface area contributed by atoms with Gasteiger partial charge < -0.3 is 9.47 Å². The number of rotatable bonds is 4. The zero-order valence-electron chi connectivity index (χ0n) is 8.83. The van der Waals surface area contributed by atoms with Crippen LogP contribution in [-0.4, -0.2) is 31.9 Å². The number of ether oxygens (including phenoxy) is 2. The molecule has 0 aromatic heterocycles. The van der Waals surface area contributed by atoms with E-state index >= 15 is 0 Å². The second-order valence-electron chi connectivity index (χ2n) is 2.57. The molecule has 1 unspecified atom stereocenters. The topological polar surface area (TPSA) is 69.7 Å². The summed E-state index contributed by atoms with van der Waals surface area (Å²) in [5.41, 5.74) is 0. The van der Waals surface area contributed by atoms with E-state index in [0.29, 0.717) is 0 Å². The average molecular weight is 212 g/mol. The number of carbonyl (C=O) groups is 3. The fourth-order valence-electron chi connectivity index (χ4n) is 0.850. The first-order valence-corrected chi connectivity index (χ1v) is 4.16. The third-order valence-electron chi connectivity index (χ3n) is 1.59. The van der Waals surface area contributed by atoms with Crippen molar-refractivity contribution in [3.8, 4) is 11.8 Å². The Morgan fingerprint density at radius 2 is 1.80 bits per heavy atom. The van der Waals surface area contributed by atoms with Gasteiger partial charge in [-0.3, -0.25) is 14.4 Å². The zero-order valence-corrected chi connectivity index (χ0v) is 8.83. The Labute approximate surface area is 87.7 Å². The number of carbonyl (C=O) groups excluding carboxylic acids is 3. The number of hydrogen-bond donors (Lipinski definition) is 0. The van der Waals surface area contributed by atoms with Crippen LogP contribution in [0.2, 0.25) is 0 Å². The summed E-state index contributed by atoms with van der Waals surface area (Å²) in [6.45, 7) is 1.49. The SMILES string of the molecule is CC#CC(C(=O)CC(=O)OC)C(=O)OC. The van der Waals surface area contributed by atoms with E-state index in [-0.39, 0.29) is 0 Å². The fraction of sp³-hybridized carbons (Fsp3) is 0.500. The molecule has 0 saturated heterocycles. The largest absolute Gasteiger partial charge is 0.469 e. The molecule has 5 heteroatoms. The second kappa shape index (κ2) is 6.60. The molecule has 0 aliphatic rings. The number of hydrogen-bond acceptors (Lipinski definition) is 5. The highest BCUT2D eigenvalue weighted by Gasteiger charge is 2.27. The van der Waals surface area contributed by atoms with Gasteiger partial charge in [0.1, 0.15) is 6.42 Å². The molecule has 0 fully saturated rings. The molecule has 82 valence electrons. The van der Waals surface area contributed by atoms with Gasteiger partial charge in [0.15, 0.2) is 11.7 Å². The number of Topliss-reactive ketones (excluding diaryl/α,β-unsaturated/α-hetero) is 1. The van der Waals surface area contributed by atoms with Gasteiger partial charge in [-0.05, 0) is 6.92 Å². The van der Waals surface area contributed by atoms with Crippen LogP contribution in [0.15, 0.2) is 0 Å². The van der Waals surface area contributed by atoms with Gasteiger partial charge in [-0.1, -0.05) is 5.92 Å². The summed E-state index contributed by atoms with van der Waals surface area (Å²) in [6.07, 6.45) is -0.481. The lowest BCUT2D eigenvalue weighted by Gasteiger charge is -2.06. The summed E-state index contributed by atoms with van der Waals surface area (Å²) >= 11 is 0. The molecule has 0 heterocycles. The molecule has 0 radical (unpaired) electrons. The van der Waals surface area contributed by atoms with Crippen molar-refractivity contribution in [3.63, 3.8) is 0 Å². The number of methoxy groups -OCH3 is 2. The van der Waals surface area contributed by atoms with Crippen molar-refractivity contribution in [2.45, 2.75) is 13.3 Å². The Bertz CT molecular complexity index is 320. The van der Waals surface area contributed by atoms with Crippen LogP contribution in [0.1, 0.15) is 13.3 Å². The highest BCUT2D eigenvalue weighted by Crippen LogP contribution is 2.04. The molecule has 0 spiro atoms. The zero-order chi connectivity index (χ0) is 11.8. The summed E-state index contributed by atoms with van der Waals surface area (Å²) in [5.74, 6) is 1.51. The Hall–Kier alpha value is -1.83. The maximum Gasteiger partial charge on any atom is 0.328 e. The standard InChI is InChI=1S/C10H12O5/c1-4-5-7(10(13)15-3)8(11)6-9(12)14-2/h7H,6H2,1-3H3. The molecule has 0 aliphatic carbocycles. The van der Waals surface area contributed by atoms with Crippen molar-refractivity contribution < 1.29 is 23.9 Å². The van der Waals surface area contributed by atoms with Crippen molar-refractivity contribution in [2.24, 2.45) is 5.92 Å². The van der Waals surface area contributed by atoms with Crippen molar-refractivity contribution in [1.29, 1.82) is 0 Å². The van der Waals surface area contributed by atoms with Crippen LogP contribution < -0.4 is 0 Å². The van der Waals surface area contributed by atoms with Crippen LogP contribution in [-0.2, 0) is 23.9 Å². The minimum Gasteiger partial charge on any atom is -0.469 e. The van der Waals surface area contributed by atoms with Crippen molar-refractivity contribution >= 4 is 17.7 Å². The molecule has 0 rings (SSSR count). The van der Waals surface area contributed by atoms with E-state index in [1.807, 2.05) is 0 Å². The van der Waals surface area contributed by atoms with E-state index in [1.165, 1.54) is 6.92 Å². The smallest absolute Gasteiger partial charge is 0.328 e. The molecule has 1 atom stereocenters. The van der Waals surface area contributed by atoms with E-state index in [9.17, 15) is 14.4 Å². The van der Waals surface area contributed by atoms with Gasteiger partial charge in [-0.2, -0.15) is 0 Å². The molecular weight excluding hydrogens is 200 g/mol. The summed E-state index contributed by atoms with van der Waals surface area (Å²) in [5, 5.41) is 0. The van der Waals surface area contributed by atoms with E-state index in [1.54, 1.807) is 0 Å². The average Bonchev–Trinajstić information content (AvgIpc) is 2.24. The van der Waals surface area contributed by atoms with Crippen LogP contribution in [0.5, 0.6) is 0 Å². The first-order valence-electron chi connectivity index (χ1n) is 4.16. The first-order chi connectivity index (χ1) is 7.06. The molecule has 5 nitrogen and oxygen atoms in total. The number of esters is 2. The van der Waals surface area contributed by atoms with E-state index in [0.717, 1.165) is 14.2 Å². The third kappa shape index (κ3) is 4.27. The molecule has 0 aromatic rings. The van der Waals surface area contributed by atoms with Gasteiger partial charge >= 0.3 is 11.9 Å².